The van der Waals surface area contributed by atoms with Gasteiger partial charge in [0.15, 0.2) is 11.5 Å². The van der Waals surface area contributed by atoms with E-state index in [1.807, 2.05) is 0 Å². The number of amides is 2. The van der Waals surface area contributed by atoms with E-state index in [1.54, 1.807) is 37.6 Å². The van der Waals surface area contributed by atoms with Gasteiger partial charge >= 0.3 is 6.03 Å². The summed E-state index contributed by atoms with van der Waals surface area (Å²) in [6.45, 7) is 2.20. The topological polar surface area (TPSA) is 103 Å². The highest BCUT2D eigenvalue weighted by Gasteiger charge is 2.22. The highest BCUT2D eigenvalue weighted by atomic mass is 16.5. The van der Waals surface area contributed by atoms with Gasteiger partial charge in [-0.25, -0.2) is 14.8 Å². The first-order valence-corrected chi connectivity index (χ1v) is 8.84. The van der Waals surface area contributed by atoms with Crippen molar-refractivity contribution in [3.63, 3.8) is 0 Å². The monoisotopic (exact) mass is 366 g/mol. The standard InChI is InChI=1S/C19H22N6O2/c1-27-16-4-2-15(3-5-16)24-19(26)23-13-14-6-10-25(11-7-14)18-17(12-20)21-8-9-22-18/h2-5,8-9,14H,6-7,10-11,13H2,1H3,(H2,23,24,26). The molecule has 0 atom stereocenters. The van der Waals surface area contributed by atoms with E-state index in [-0.39, 0.29) is 6.03 Å². The molecular weight excluding hydrogens is 344 g/mol. The Hall–Kier alpha value is -3.34. The van der Waals surface area contributed by atoms with Crippen molar-refractivity contribution in [2.45, 2.75) is 12.8 Å². The zero-order valence-electron chi connectivity index (χ0n) is 15.2. The molecule has 0 saturated carbocycles. The number of benzene rings is 1. The minimum Gasteiger partial charge on any atom is -0.497 e. The van der Waals surface area contributed by atoms with Gasteiger partial charge in [-0.2, -0.15) is 5.26 Å². The second kappa shape index (κ2) is 8.85. The van der Waals surface area contributed by atoms with Gasteiger partial charge in [0.2, 0.25) is 0 Å². The summed E-state index contributed by atoms with van der Waals surface area (Å²) in [5.41, 5.74) is 1.07. The van der Waals surface area contributed by atoms with E-state index < -0.39 is 0 Å². The van der Waals surface area contributed by atoms with Crippen molar-refractivity contribution >= 4 is 17.5 Å². The third-order valence-electron chi connectivity index (χ3n) is 4.60. The van der Waals surface area contributed by atoms with Crippen molar-refractivity contribution in [3.8, 4) is 11.8 Å². The summed E-state index contributed by atoms with van der Waals surface area (Å²) in [6, 6.07) is 9.06. The first-order valence-electron chi connectivity index (χ1n) is 8.84. The van der Waals surface area contributed by atoms with Crippen LogP contribution in [0, 0.1) is 17.2 Å². The number of urea groups is 1. The fourth-order valence-electron chi connectivity index (χ4n) is 3.08. The molecule has 1 aromatic heterocycles. The van der Waals surface area contributed by atoms with Crippen LogP contribution in [0.2, 0.25) is 0 Å². The Morgan fingerprint density at radius 1 is 1.26 bits per heavy atom. The average molecular weight is 366 g/mol. The van der Waals surface area contributed by atoms with E-state index >= 15 is 0 Å². The number of nitrogens with one attached hydrogen (secondary N) is 2. The maximum atomic E-state index is 12.1. The van der Waals surface area contributed by atoms with Crippen LogP contribution in [0.1, 0.15) is 18.5 Å². The molecule has 1 aliphatic rings. The lowest BCUT2D eigenvalue weighted by Crippen LogP contribution is -2.40. The minimum absolute atomic E-state index is 0.219. The van der Waals surface area contributed by atoms with E-state index in [2.05, 4.69) is 31.6 Å². The maximum absolute atomic E-state index is 12.1. The Bertz CT molecular complexity index is 810. The van der Waals surface area contributed by atoms with Crippen molar-refractivity contribution in [2.24, 2.45) is 5.92 Å². The van der Waals surface area contributed by atoms with Crippen molar-refractivity contribution in [2.75, 3.05) is 37.0 Å². The van der Waals surface area contributed by atoms with Gasteiger partial charge in [0.25, 0.3) is 0 Å². The number of hydrogen-bond donors (Lipinski definition) is 2. The smallest absolute Gasteiger partial charge is 0.319 e. The molecule has 1 aromatic carbocycles. The van der Waals surface area contributed by atoms with Gasteiger partial charge in [0.05, 0.1) is 7.11 Å². The lowest BCUT2D eigenvalue weighted by atomic mass is 9.97. The number of anilines is 2. The first-order chi connectivity index (χ1) is 13.2. The summed E-state index contributed by atoms with van der Waals surface area (Å²) >= 11 is 0. The van der Waals surface area contributed by atoms with Crippen LogP contribution >= 0.6 is 0 Å². The van der Waals surface area contributed by atoms with Crippen LogP contribution in [-0.4, -0.2) is 42.7 Å². The van der Waals surface area contributed by atoms with Crippen LogP contribution < -0.4 is 20.3 Å². The highest BCUT2D eigenvalue weighted by Crippen LogP contribution is 2.23. The van der Waals surface area contributed by atoms with E-state index in [0.29, 0.717) is 24.0 Å². The number of nitriles is 1. The van der Waals surface area contributed by atoms with Gasteiger partial charge in [-0.15, -0.1) is 0 Å². The zero-order valence-corrected chi connectivity index (χ0v) is 15.2. The molecule has 140 valence electrons. The highest BCUT2D eigenvalue weighted by molar-refractivity contribution is 5.89. The number of carbonyl (C=O) groups is 1. The number of rotatable bonds is 5. The SMILES string of the molecule is COc1ccc(NC(=O)NCC2CCN(c3nccnc3C#N)CC2)cc1. The molecule has 3 rings (SSSR count). The van der Waals surface area contributed by atoms with E-state index in [0.717, 1.165) is 37.4 Å². The number of ether oxygens (including phenoxy) is 1. The molecule has 2 heterocycles. The Balaban J connectivity index is 1.44. The normalized spacial score (nSPS) is 14.3. The second-order valence-corrected chi connectivity index (χ2v) is 6.33. The number of aromatic nitrogens is 2. The molecule has 2 amide bonds. The average Bonchev–Trinajstić information content (AvgIpc) is 2.73. The molecule has 0 unspecified atom stereocenters. The summed E-state index contributed by atoms with van der Waals surface area (Å²) < 4.78 is 5.10. The molecule has 0 spiro atoms. The van der Waals surface area contributed by atoms with Crippen LogP contribution in [-0.2, 0) is 0 Å². The fourth-order valence-corrected chi connectivity index (χ4v) is 3.08. The Morgan fingerprint density at radius 2 is 1.96 bits per heavy atom. The van der Waals surface area contributed by atoms with Crippen molar-refractivity contribution in [1.82, 2.24) is 15.3 Å². The Morgan fingerprint density at radius 3 is 2.63 bits per heavy atom. The fraction of sp³-hybridized carbons (Fsp3) is 0.368. The summed E-state index contributed by atoms with van der Waals surface area (Å²) in [4.78, 5) is 22.5. The third-order valence-corrected chi connectivity index (χ3v) is 4.60. The van der Waals surface area contributed by atoms with Crippen LogP contribution in [0.25, 0.3) is 0 Å². The van der Waals surface area contributed by atoms with Crippen molar-refractivity contribution in [1.29, 1.82) is 5.26 Å². The summed E-state index contributed by atoms with van der Waals surface area (Å²) in [5.74, 6) is 1.78. The number of nitrogens with zero attached hydrogens (tertiary/aromatic N) is 4. The number of hydrogen-bond acceptors (Lipinski definition) is 6. The molecule has 2 aromatic rings. The summed E-state index contributed by atoms with van der Waals surface area (Å²) in [6.07, 6.45) is 4.97. The summed E-state index contributed by atoms with van der Waals surface area (Å²) in [5, 5.41) is 14.9. The number of methoxy groups -OCH3 is 1. The molecule has 27 heavy (non-hydrogen) atoms. The Labute approximate surface area is 158 Å². The summed E-state index contributed by atoms with van der Waals surface area (Å²) in [7, 11) is 1.60. The number of carbonyl (C=O) groups excluding carboxylic acids is 1. The molecule has 0 radical (unpaired) electrons. The van der Waals surface area contributed by atoms with Gasteiger partial charge in [-0.3, -0.25) is 0 Å². The molecular formula is C19H22N6O2. The predicted octanol–water partition coefficient (Wildman–Crippen LogP) is 2.39. The van der Waals surface area contributed by atoms with E-state index in [4.69, 9.17) is 10.00 Å². The van der Waals surface area contributed by atoms with E-state index in [9.17, 15) is 4.79 Å². The van der Waals surface area contributed by atoms with Crippen molar-refractivity contribution in [3.05, 3.63) is 42.4 Å². The van der Waals surface area contributed by atoms with Gasteiger partial charge in [0, 0.05) is 37.7 Å². The molecule has 2 N–H and O–H groups in total. The zero-order chi connectivity index (χ0) is 19.1. The molecule has 1 aliphatic heterocycles. The van der Waals surface area contributed by atoms with Gasteiger partial charge < -0.3 is 20.3 Å². The lowest BCUT2D eigenvalue weighted by molar-refractivity contribution is 0.248. The number of piperidine rings is 1. The maximum Gasteiger partial charge on any atom is 0.319 e. The molecule has 8 nitrogen and oxygen atoms in total. The molecule has 1 fully saturated rings. The van der Waals surface area contributed by atoms with Gasteiger partial charge in [-0.1, -0.05) is 0 Å². The molecule has 1 saturated heterocycles. The van der Waals surface area contributed by atoms with Crippen LogP contribution in [0.4, 0.5) is 16.3 Å². The lowest BCUT2D eigenvalue weighted by Gasteiger charge is -2.32. The molecule has 8 heteroatoms. The second-order valence-electron chi connectivity index (χ2n) is 6.33. The predicted molar refractivity (Wildman–Crippen MR) is 102 cm³/mol. The molecule has 0 bridgehead atoms. The largest absolute Gasteiger partial charge is 0.497 e. The molecule has 0 aliphatic carbocycles. The van der Waals surface area contributed by atoms with Crippen LogP contribution in [0.15, 0.2) is 36.7 Å². The first kappa shape index (κ1) is 18.5. The van der Waals surface area contributed by atoms with Gasteiger partial charge in [0.1, 0.15) is 11.8 Å². The minimum atomic E-state index is -0.219. The van der Waals surface area contributed by atoms with Gasteiger partial charge in [-0.05, 0) is 43.0 Å². The van der Waals surface area contributed by atoms with Crippen LogP contribution in [0.3, 0.4) is 0 Å². The van der Waals surface area contributed by atoms with Crippen molar-refractivity contribution < 1.29 is 9.53 Å². The van der Waals surface area contributed by atoms with Crippen LogP contribution in [0.5, 0.6) is 5.75 Å². The Kier molecular flexibility index (Phi) is 6.05. The quantitative estimate of drug-likeness (QED) is 0.842. The van der Waals surface area contributed by atoms with E-state index in [1.165, 1.54) is 6.20 Å². The third kappa shape index (κ3) is 4.85.